The highest BCUT2D eigenvalue weighted by molar-refractivity contribution is 9.10. The average molecular weight is 335 g/mol. The van der Waals surface area contributed by atoms with Crippen molar-refractivity contribution < 1.29 is 19.4 Å². The van der Waals surface area contributed by atoms with Gasteiger partial charge >= 0.3 is 5.97 Å². The largest absolute Gasteiger partial charge is 0.497 e. The van der Waals surface area contributed by atoms with Crippen LogP contribution in [0.3, 0.4) is 0 Å². The summed E-state index contributed by atoms with van der Waals surface area (Å²) in [6, 6.07) is 11.0. The second-order valence-corrected chi connectivity index (χ2v) is 4.97. The minimum Gasteiger partial charge on any atom is -0.497 e. The normalized spacial score (nSPS) is 10.1. The van der Waals surface area contributed by atoms with Crippen LogP contribution < -0.4 is 4.74 Å². The number of carboxylic acids is 1. The molecule has 0 spiro atoms. The quantitative estimate of drug-likeness (QED) is 0.870. The predicted molar refractivity (Wildman–Crippen MR) is 77.5 cm³/mol. The predicted octanol–water partition coefficient (Wildman–Crippen LogP) is 3.39. The third-order valence-electron chi connectivity index (χ3n) is 2.81. The summed E-state index contributed by atoms with van der Waals surface area (Å²) in [4.78, 5) is 23.6. The zero-order valence-electron chi connectivity index (χ0n) is 10.6. The van der Waals surface area contributed by atoms with Crippen molar-refractivity contribution in [2.24, 2.45) is 0 Å². The van der Waals surface area contributed by atoms with Gasteiger partial charge in [0.2, 0.25) is 0 Å². The smallest absolute Gasteiger partial charge is 0.336 e. The van der Waals surface area contributed by atoms with Crippen molar-refractivity contribution in [2.75, 3.05) is 7.11 Å². The van der Waals surface area contributed by atoms with Crippen LogP contribution in [0.4, 0.5) is 0 Å². The van der Waals surface area contributed by atoms with Gasteiger partial charge in [-0.25, -0.2) is 4.79 Å². The van der Waals surface area contributed by atoms with Crippen LogP contribution in [-0.4, -0.2) is 24.0 Å². The molecule has 0 unspecified atom stereocenters. The van der Waals surface area contributed by atoms with Gasteiger partial charge < -0.3 is 9.84 Å². The molecule has 1 N–H and O–H groups in total. The van der Waals surface area contributed by atoms with E-state index in [0.717, 1.165) is 0 Å². The van der Waals surface area contributed by atoms with Crippen LogP contribution in [0.2, 0.25) is 0 Å². The molecule has 5 heteroatoms. The van der Waals surface area contributed by atoms with Gasteiger partial charge in [-0.1, -0.05) is 15.9 Å². The summed E-state index contributed by atoms with van der Waals surface area (Å²) in [7, 11) is 1.54. The number of ketones is 1. The number of rotatable bonds is 4. The summed E-state index contributed by atoms with van der Waals surface area (Å²) < 4.78 is 5.67. The molecule has 102 valence electrons. The van der Waals surface area contributed by atoms with Gasteiger partial charge in [-0.15, -0.1) is 0 Å². The summed E-state index contributed by atoms with van der Waals surface area (Å²) in [6.45, 7) is 0. The Morgan fingerprint density at radius 3 is 2.25 bits per heavy atom. The SMILES string of the molecule is COc1ccc(C(=O)c2cc(Br)ccc2C(=O)O)cc1. The van der Waals surface area contributed by atoms with Gasteiger partial charge in [0.25, 0.3) is 0 Å². The van der Waals surface area contributed by atoms with E-state index in [4.69, 9.17) is 9.84 Å². The molecule has 0 heterocycles. The molecular formula is C15H11BrO4. The third kappa shape index (κ3) is 2.88. The molecule has 0 amide bonds. The zero-order valence-corrected chi connectivity index (χ0v) is 12.2. The van der Waals surface area contributed by atoms with Crippen molar-refractivity contribution in [1.82, 2.24) is 0 Å². The molecular weight excluding hydrogens is 324 g/mol. The highest BCUT2D eigenvalue weighted by Crippen LogP contribution is 2.21. The molecule has 2 aromatic rings. The number of hydrogen-bond acceptors (Lipinski definition) is 3. The number of carbonyl (C=O) groups excluding carboxylic acids is 1. The van der Waals surface area contributed by atoms with Crippen molar-refractivity contribution in [3.05, 3.63) is 63.6 Å². The van der Waals surface area contributed by atoms with Crippen LogP contribution in [0.15, 0.2) is 46.9 Å². The van der Waals surface area contributed by atoms with E-state index in [9.17, 15) is 9.59 Å². The van der Waals surface area contributed by atoms with Crippen LogP contribution >= 0.6 is 15.9 Å². The van der Waals surface area contributed by atoms with Crippen molar-refractivity contribution in [3.63, 3.8) is 0 Å². The molecule has 0 aromatic heterocycles. The monoisotopic (exact) mass is 334 g/mol. The number of aromatic carboxylic acids is 1. The maximum atomic E-state index is 12.4. The Labute approximate surface area is 124 Å². The van der Waals surface area contributed by atoms with Gasteiger partial charge in [0.1, 0.15) is 5.75 Å². The molecule has 0 atom stereocenters. The average Bonchev–Trinajstić information content (AvgIpc) is 2.46. The lowest BCUT2D eigenvalue weighted by molar-refractivity contribution is 0.0693. The molecule has 4 nitrogen and oxygen atoms in total. The number of methoxy groups -OCH3 is 1. The van der Waals surface area contributed by atoms with E-state index < -0.39 is 5.97 Å². The highest BCUT2D eigenvalue weighted by Gasteiger charge is 2.18. The van der Waals surface area contributed by atoms with Gasteiger partial charge in [-0.3, -0.25) is 4.79 Å². The third-order valence-corrected chi connectivity index (χ3v) is 3.30. The van der Waals surface area contributed by atoms with Crippen molar-refractivity contribution in [1.29, 1.82) is 0 Å². The Balaban J connectivity index is 2.46. The maximum absolute atomic E-state index is 12.4. The number of carboxylic acid groups (broad SMARTS) is 1. The van der Waals surface area contributed by atoms with Crippen LogP contribution in [0.5, 0.6) is 5.75 Å². The lowest BCUT2D eigenvalue weighted by Crippen LogP contribution is -2.09. The molecule has 2 rings (SSSR count). The van der Waals surface area contributed by atoms with Crippen LogP contribution in [0.1, 0.15) is 26.3 Å². The first-order chi connectivity index (χ1) is 9.52. The van der Waals surface area contributed by atoms with Gasteiger partial charge in [-0.05, 0) is 42.5 Å². The number of hydrogen-bond donors (Lipinski definition) is 1. The molecule has 0 saturated heterocycles. The van der Waals surface area contributed by atoms with Gasteiger partial charge in [0, 0.05) is 15.6 Å². The Hall–Kier alpha value is -2.14. The van der Waals surface area contributed by atoms with Crippen molar-refractivity contribution >= 4 is 27.7 Å². The fourth-order valence-electron chi connectivity index (χ4n) is 1.79. The second-order valence-electron chi connectivity index (χ2n) is 4.05. The fraction of sp³-hybridized carbons (Fsp3) is 0.0667. The maximum Gasteiger partial charge on any atom is 0.336 e. The first-order valence-corrected chi connectivity index (χ1v) is 6.54. The van der Waals surface area contributed by atoms with E-state index in [1.54, 1.807) is 30.3 Å². The van der Waals surface area contributed by atoms with Crippen LogP contribution in [-0.2, 0) is 0 Å². The lowest BCUT2D eigenvalue weighted by Gasteiger charge is -2.07. The van der Waals surface area contributed by atoms with E-state index in [0.29, 0.717) is 15.8 Å². The molecule has 2 aromatic carbocycles. The molecule has 20 heavy (non-hydrogen) atoms. The van der Waals surface area contributed by atoms with Crippen LogP contribution in [0.25, 0.3) is 0 Å². The Kier molecular flexibility index (Phi) is 4.20. The van der Waals surface area contributed by atoms with E-state index in [-0.39, 0.29) is 16.9 Å². The van der Waals surface area contributed by atoms with Gasteiger partial charge in [0.05, 0.1) is 12.7 Å². The Morgan fingerprint density at radius 2 is 1.70 bits per heavy atom. The fourth-order valence-corrected chi connectivity index (χ4v) is 2.15. The van der Waals surface area contributed by atoms with E-state index in [1.165, 1.54) is 19.2 Å². The summed E-state index contributed by atoms with van der Waals surface area (Å²) in [6.07, 6.45) is 0. The van der Waals surface area contributed by atoms with Crippen molar-refractivity contribution in [3.8, 4) is 5.75 Å². The Bertz CT molecular complexity index is 662. The van der Waals surface area contributed by atoms with Crippen molar-refractivity contribution in [2.45, 2.75) is 0 Å². The number of benzene rings is 2. The summed E-state index contributed by atoms with van der Waals surface area (Å²) in [5.41, 5.74) is 0.539. The standard InChI is InChI=1S/C15H11BrO4/c1-20-11-5-2-9(3-6-11)14(17)13-8-10(16)4-7-12(13)15(18)19/h2-8H,1H3,(H,18,19). The number of ether oxygens (including phenoxy) is 1. The van der Waals surface area contributed by atoms with Gasteiger partial charge in [-0.2, -0.15) is 0 Å². The van der Waals surface area contributed by atoms with E-state index >= 15 is 0 Å². The number of carbonyl (C=O) groups is 2. The molecule has 0 aliphatic carbocycles. The van der Waals surface area contributed by atoms with E-state index in [1.807, 2.05) is 0 Å². The van der Waals surface area contributed by atoms with E-state index in [2.05, 4.69) is 15.9 Å². The molecule has 0 bridgehead atoms. The molecule has 0 aliphatic rings. The minimum absolute atomic E-state index is 0.0194. The second kappa shape index (κ2) is 5.88. The summed E-state index contributed by atoms with van der Waals surface area (Å²) in [5.74, 6) is -0.838. The lowest BCUT2D eigenvalue weighted by atomic mass is 9.98. The first kappa shape index (κ1) is 14.3. The van der Waals surface area contributed by atoms with Gasteiger partial charge in [0.15, 0.2) is 5.78 Å². The molecule has 0 fully saturated rings. The highest BCUT2D eigenvalue weighted by atomic mass is 79.9. The molecule has 0 saturated carbocycles. The number of halogens is 1. The summed E-state index contributed by atoms with van der Waals surface area (Å²) in [5, 5.41) is 9.15. The first-order valence-electron chi connectivity index (χ1n) is 5.74. The minimum atomic E-state index is -1.13. The zero-order chi connectivity index (χ0) is 14.7. The van der Waals surface area contributed by atoms with Crippen LogP contribution in [0, 0.1) is 0 Å². The molecule has 0 aliphatic heterocycles. The topological polar surface area (TPSA) is 63.6 Å². The molecule has 0 radical (unpaired) electrons. The Morgan fingerprint density at radius 1 is 1.05 bits per heavy atom. The summed E-state index contributed by atoms with van der Waals surface area (Å²) >= 11 is 3.24.